The molecule has 0 amide bonds. The molecule has 0 aliphatic carbocycles. The maximum Gasteiger partial charge on any atom is 0.175 e. The highest BCUT2D eigenvalue weighted by Crippen LogP contribution is 2.22. The van der Waals surface area contributed by atoms with Crippen LogP contribution in [0.4, 0.5) is 5.69 Å². The summed E-state index contributed by atoms with van der Waals surface area (Å²) >= 11 is 0. The van der Waals surface area contributed by atoms with Crippen LogP contribution in [0.5, 0.6) is 0 Å². The van der Waals surface area contributed by atoms with Crippen molar-refractivity contribution in [3.8, 4) is 0 Å². The number of hydrogen-bond acceptors (Lipinski definition) is 4. The molecule has 5 heteroatoms. The van der Waals surface area contributed by atoms with Crippen molar-refractivity contribution in [1.29, 1.82) is 0 Å². The lowest BCUT2D eigenvalue weighted by atomic mass is 10.1. The fraction of sp³-hybridized carbons (Fsp3) is 0.0952. The Bertz CT molecular complexity index is 1010. The minimum absolute atomic E-state index is 0.309. The molecule has 2 aromatic carbocycles. The molecule has 0 aliphatic heterocycles. The van der Waals surface area contributed by atoms with Gasteiger partial charge in [-0.1, -0.05) is 30.3 Å². The highest BCUT2D eigenvalue weighted by Gasteiger charge is 2.07. The van der Waals surface area contributed by atoms with E-state index in [1.165, 1.54) is 6.26 Å². The summed E-state index contributed by atoms with van der Waals surface area (Å²) < 4.78 is 23.2. The summed E-state index contributed by atoms with van der Waals surface area (Å²) in [6.45, 7) is 1.95. The zero-order valence-corrected chi connectivity index (χ0v) is 15.5. The molecule has 0 bridgehead atoms. The Hall–Kier alpha value is -2.92. The summed E-state index contributed by atoms with van der Waals surface area (Å²) in [5.74, 6) is 0. The van der Waals surface area contributed by atoms with Crippen LogP contribution in [0.2, 0.25) is 0 Å². The van der Waals surface area contributed by atoms with Crippen molar-refractivity contribution in [2.75, 3.05) is 11.6 Å². The molecule has 0 saturated heterocycles. The summed E-state index contributed by atoms with van der Waals surface area (Å²) in [5, 5.41) is 3.41. The topological polar surface area (TPSA) is 59.1 Å². The molecule has 3 rings (SSSR count). The molecule has 0 saturated carbocycles. The van der Waals surface area contributed by atoms with Crippen molar-refractivity contribution in [2.24, 2.45) is 0 Å². The Morgan fingerprint density at radius 2 is 1.65 bits per heavy atom. The van der Waals surface area contributed by atoms with Crippen LogP contribution < -0.4 is 5.32 Å². The van der Waals surface area contributed by atoms with Crippen LogP contribution in [-0.4, -0.2) is 19.7 Å². The Balaban J connectivity index is 1.99. The standard InChI is InChI=1S/C21H20N2O2S/c1-16-8-11-18(15-22-16)21(23-19-6-4-3-5-7-19)14-17-9-12-20(13-10-17)26(2,24)25/h3-15,23H,1-2H3/b21-14+. The second-order valence-electron chi connectivity index (χ2n) is 6.08. The fourth-order valence-electron chi connectivity index (χ4n) is 2.47. The van der Waals surface area contributed by atoms with Crippen LogP contribution in [0.1, 0.15) is 16.8 Å². The number of pyridine rings is 1. The lowest BCUT2D eigenvalue weighted by Gasteiger charge is -2.12. The number of para-hydroxylation sites is 1. The number of rotatable bonds is 5. The zero-order valence-electron chi connectivity index (χ0n) is 14.7. The molecule has 1 aromatic heterocycles. The van der Waals surface area contributed by atoms with E-state index in [9.17, 15) is 8.42 Å². The average molecular weight is 364 g/mol. The summed E-state index contributed by atoms with van der Waals surface area (Å²) in [6.07, 6.45) is 5.01. The lowest BCUT2D eigenvalue weighted by Crippen LogP contribution is -2.00. The highest BCUT2D eigenvalue weighted by molar-refractivity contribution is 7.90. The van der Waals surface area contributed by atoms with Crippen LogP contribution in [0, 0.1) is 6.92 Å². The number of aryl methyl sites for hydroxylation is 1. The van der Waals surface area contributed by atoms with E-state index < -0.39 is 9.84 Å². The van der Waals surface area contributed by atoms with E-state index in [1.54, 1.807) is 24.3 Å². The van der Waals surface area contributed by atoms with Crippen LogP contribution in [0.15, 0.2) is 77.8 Å². The Morgan fingerprint density at radius 1 is 0.962 bits per heavy atom. The molecule has 0 atom stereocenters. The van der Waals surface area contributed by atoms with Crippen molar-refractivity contribution in [2.45, 2.75) is 11.8 Å². The number of benzene rings is 2. The van der Waals surface area contributed by atoms with Crippen LogP contribution in [0.3, 0.4) is 0 Å². The van der Waals surface area contributed by atoms with Gasteiger partial charge in [-0.2, -0.15) is 0 Å². The maximum absolute atomic E-state index is 11.6. The molecule has 0 unspecified atom stereocenters. The monoisotopic (exact) mass is 364 g/mol. The molecule has 0 aliphatic rings. The number of hydrogen-bond donors (Lipinski definition) is 1. The van der Waals surface area contributed by atoms with Gasteiger partial charge in [0, 0.05) is 35.1 Å². The zero-order chi connectivity index (χ0) is 18.6. The molecular formula is C21H20N2O2S. The molecule has 0 radical (unpaired) electrons. The van der Waals surface area contributed by atoms with Crippen molar-refractivity contribution in [3.63, 3.8) is 0 Å². The largest absolute Gasteiger partial charge is 0.355 e. The molecule has 0 spiro atoms. The summed E-state index contributed by atoms with van der Waals surface area (Å²) in [6, 6.07) is 20.7. The van der Waals surface area contributed by atoms with Gasteiger partial charge in [-0.15, -0.1) is 0 Å². The first-order chi connectivity index (χ1) is 12.4. The smallest absolute Gasteiger partial charge is 0.175 e. The minimum Gasteiger partial charge on any atom is -0.355 e. The van der Waals surface area contributed by atoms with Gasteiger partial charge in [-0.05, 0) is 55.0 Å². The summed E-state index contributed by atoms with van der Waals surface area (Å²) in [5.41, 5.74) is 4.65. The van der Waals surface area contributed by atoms with Gasteiger partial charge in [0.1, 0.15) is 0 Å². The predicted octanol–water partition coefficient (Wildman–Crippen LogP) is 4.40. The van der Waals surface area contributed by atoms with E-state index in [-0.39, 0.29) is 0 Å². The first-order valence-corrected chi connectivity index (χ1v) is 10.1. The van der Waals surface area contributed by atoms with Gasteiger partial charge in [0.25, 0.3) is 0 Å². The second-order valence-corrected chi connectivity index (χ2v) is 8.09. The lowest BCUT2D eigenvalue weighted by molar-refractivity contribution is 0.602. The van der Waals surface area contributed by atoms with Crippen molar-refractivity contribution in [1.82, 2.24) is 4.98 Å². The number of anilines is 1. The molecule has 26 heavy (non-hydrogen) atoms. The van der Waals surface area contributed by atoms with Gasteiger partial charge in [0.05, 0.1) is 4.90 Å². The van der Waals surface area contributed by atoms with Crippen LogP contribution in [0.25, 0.3) is 11.8 Å². The van der Waals surface area contributed by atoms with Crippen LogP contribution >= 0.6 is 0 Å². The summed E-state index contributed by atoms with van der Waals surface area (Å²) in [7, 11) is -3.20. The predicted molar refractivity (Wildman–Crippen MR) is 106 cm³/mol. The van der Waals surface area contributed by atoms with Gasteiger partial charge < -0.3 is 5.32 Å². The highest BCUT2D eigenvalue weighted by atomic mass is 32.2. The third-order valence-corrected chi connectivity index (χ3v) is 5.02. The second kappa shape index (κ2) is 7.54. The van der Waals surface area contributed by atoms with E-state index in [1.807, 2.05) is 61.7 Å². The fourth-order valence-corrected chi connectivity index (χ4v) is 3.10. The molecule has 132 valence electrons. The Morgan fingerprint density at radius 3 is 2.23 bits per heavy atom. The number of sulfone groups is 1. The number of nitrogens with one attached hydrogen (secondary N) is 1. The third-order valence-electron chi connectivity index (χ3n) is 3.89. The Kier molecular flexibility index (Phi) is 5.19. The van der Waals surface area contributed by atoms with Gasteiger partial charge >= 0.3 is 0 Å². The maximum atomic E-state index is 11.6. The van der Waals surface area contributed by atoms with Gasteiger partial charge in [-0.25, -0.2) is 8.42 Å². The molecule has 1 N–H and O–H groups in total. The summed E-state index contributed by atoms with van der Waals surface area (Å²) in [4.78, 5) is 4.68. The molecule has 1 heterocycles. The van der Waals surface area contributed by atoms with Gasteiger partial charge in [0.15, 0.2) is 9.84 Å². The third kappa shape index (κ3) is 4.58. The molecule has 0 fully saturated rings. The SMILES string of the molecule is Cc1ccc(/C(=C\c2ccc(S(C)(=O)=O)cc2)Nc2ccccc2)cn1. The van der Waals surface area contributed by atoms with Crippen LogP contribution in [-0.2, 0) is 9.84 Å². The van der Waals surface area contributed by atoms with E-state index >= 15 is 0 Å². The van der Waals surface area contributed by atoms with Crippen molar-refractivity contribution in [3.05, 3.63) is 89.7 Å². The van der Waals surface area contributed by atoms with E-state index in [0.717, 1.165) is 28.2 Å². The number of aromatic nitrogens is 1. The van der Waals surface area contributed by atoms with Crippen molar-refractivity contribution >= 4 is 27.3 Å². The normalized spacial score (nSPS) is 12.0. The first-order valence-electron chi connectivity index (χ1n) is 8.19. The van der Waals surface area contributed by atoms with E-state index in [2.05, 4.69) is 10.3 Å². The first kappa shape index (κ1) is 17.9. The van der Waals surface area contributed by atoms with Gasteiger partial charge in [-0.3, -0.25) is 4.98 Å². The number of nitrogens with zero attached hydrogens (tertiary/aromatic N) is 1. The molecule has 3 aromatic rings. The van der Waals surface area contributed by atoms with Gasteiger partial charge in [0.2, 0.25) is 0 Å². The van der Waals surface area contributed by atoms with E-state index in [4.69, 9.17) is 0 Å². The minimum atomic E-state index is -3.20. The average Bonchev–Trinajstić information content (AvgIpc) is 2.62. The van der Waals surface area contributed by atoms with Crippen molar-refractivity contribution < 1.29 is 8.42 Å². The van der Waals surface area contributed by atoms with E-state index in [0.29, 0.717) is 4.90 Å². The Labute approximate surface area is 154 Å². The quantitative estimate of drug-likeness (QED) is 0.729. The molecular weight excluding hydrogens is 344 g/mol. The molecule has 4 nitrogen and oxygen atoms in total.